The SMILES string of the molecule is Cc1cc(OC/C(=C/F)CN)ccc1C#N.Cl. The second-order valence-electron chi connectivity index (χ2n) is 3.35. The maximum atomic E-state index is 12.2. The average Bonchev–Trinajstić information content (AvgIpc) is 2.30. The van der Waals surface area contributed by atoms with Gasteiger partial charge in [-0.1, -0.05) is 0 Å². The van der Waals surface area contributed by atoms with Crippen molar-refractivity contribution >= 4 is 12.4 Å². The Labute approximate surface area is 106 Å². The molecule has 3 nitrogen and oxygen atoms in total. The third-order valence-electron chi connectivity index (χ3n) is 2.16. The van der Waals surface area contributed by atoms with Gasteiger partial charge in [0.05, 0.1) is 18.0 Å². The van der Waals surface area contributed by atoms with Gasteiger partial charge in [-0.05, 0) is 30.7 Å². The number of nitrogens with zero attached hydrogens (tertiary/aromatic N) is 1. The van der Waals surface area contributed by atoms with E-state index in [9.17, 15) is 4.39 Å². The maximum Gasteiger partial charge on any atom is 0.120 e. The Kier molecular flexibility index (Phi) is 6.95. The molecule has 0 spiro atoms. The molecule has 17 heavy (non-hydrogen) atoms. The number of nitrogens with two attached hydrogens (primary N) is 1. The van der Waals surface area contributed by atoms with Gasteiger partial charge in [0, 0.05) is 12.1 Å². The number of nitriles is 1. The van der Waals surface area contributed by atoms with Crippen molar-refractivity contribution in [2.75, 3.05) is 13.2 Å². The molecule has 0 aliphatic carbocycles. The number of hydrogen-bond donors (Lipinski definition) is 1. The zero-order valence-corrected chi connectivity index (χ0v) is 10.3. The maximum absolute atomic E-state index is 12.2. The Morgan fingerprint density at radius 1 is 1.59 bits per heavy atom. The van der Waals surface area contributed by atoms with Crippen molar-refractivity contribution in [2.45, 2.75) is 6.92 Å². The predicted octanol–water partition coefficient (Wildman–Crippen LogP) is 2.48. The van der Waals surface area contributed by atoms with Gasteiger partial charge in [0.1, 0.15) is 12.4 Å². The average molecular weight is 257 g/mol. The van der Waals surface area contributed by atoms with Gasteiger partial charge < -0.3 is 10.5 Å². The van der Waals surface area contributed by atoms with Gasteiger partial charge in [0.15, 0.2) is 0 Å². The van der Waals surface area contributed by atoms with E-state index in [1.54, 1.807) is 18.2 Å². The fourth-order valence-electron chi connectivity index (χ4n) is 1.16. The Morgan fingerprint density at radius 3 is 2.76 bits per heavy atom. The first-order valence-corrected chi connectivity index (χ1v) is 4.83. The summed E-state index contributed by atoms with van der Waals surface area (Å²) in [5, 5.41) is 8.74. The lowest BCUT2D eigenvalue weighted by Crippen LogP contribution is -2.10. The molecule has 0 atom stereocenters. The van der Waals surface area contributed by atoms with Gasteiger partial charge in [0.25, 0.3) is 0 Å². The van der Waals surface area contributed by atoms with Crippen LogP contribution < -0.4 is 10.5 Å². The lowest BCUT2D eigenvalue weighted by molar-refractivity contribution is 0.347. The van der Waals surface area contributed by atoms with Gasteiger partial charge >= 0.3 is 0 Å². The van der Waals surface area contributed by atoms with E-state index in [4.69, 9.17) is 15.7 Å². The van der Waals surface area contributed by atoms with E-state index in [0.717, 1.165) is 5.56 Å². The zero-order valence-electron chi connectivity index (χ0n) is 9.44. The molecule has 0 aliphatic rings. The number of aryl methyl sites for hydroxylation is 1. The molecule has 0 fully saturated rings. The van der Waals surface area contributed by atoms with Crippen LogP contribution in [0.15, 0.2) is 30.1 Å². The van der Waals surface area contributed by atoms with Gasteiger partial charge in [-0.2, -0.15) is 5.26 Å². The quantitative estimate of drug-likeness (QED) is 0.900. The molecule has 92 valence electrons. The normalized spacial score (nSPS) is 10.4. The van der Waals surface area contributed by atoms with Crippen molar-refractivity contribution in [1.29, 1.82) is 5.26 Å². The number of hydrogen-bond acceptors (Lipinski definition) is 3. The highest BCUT2D eigenvalue weighted by Gasteiger charge is 2.01. The van der Waals surface area contributed by atoms with Crippen LogP contribution in [-0.4, -0.2) is 13.2 Å². The molecule has 0 amide bonds. The Bertz CT molecular complexity index is 441. The molecule has 1 aromatic rings. The number of ether oxygens (including phenoxy) is 1. The number of benzene rings is 1. The van der Waals surface area contributed by atoms with Gasteiger partial charge in [-0.3, -0.25) is 0 Å². The number of rotatable bonds is 4. The fourth-order valence-corrected chi connectivity index (χ4v) is 1.16. The molecule has 0 aromatic heterocycles. The summed E-state index contributed by atoms with van der Waals surface area (Å²) in [7, 11) is 0. The predicted molar refractivity (Wildman–Crippen MR) is 66.9 cm³/mol. The summed E-state index contributed by atoms with van der Waals surface area (Å²) >= 11 is 0. The molecule has 0 saturated carbocycles. The van der Waals surface area contributed by atoms with Crippen LogP contribution in [0.25, 0.3) is 0 Å². The third kappa shape index (κ3) is 4.43. The van der Waals surface area contributed by atoms with Crippen molar-refractivity contribution in [3.63, 3.8) is 0 Å². The fraction of sp³-hybridized carbons (Fsp3) is 0.250. The van der Waals surface area contributed by atoms with E-state index in [0.29, 0.717) is 23.2 Å². The molecule has 5 heteroatoms. The van der Waals surface area contributed by atoms with Crippen molar-refractivity contribution in [2.24, 2.45) is 5.73 Å². The minimum absolute atomic E-state index is 0. The van der Waals surface area contributed by atoms with Crippen LogP contribution in [0, 0.1) is 18.3 Å². The second-order valence-corrected chi connectivity index (χ2v) is 3.35. The summed E-state index contributed by atoms with van der Waals surface area (Å²) in [5.74, 6) is 0.601. The van der Waals surface area contributed by atoms with Gasteiger partial charge in [-0.25, -0.2) is 4.39 Å². The molecule has 0 saturated heterocycles. The summed E-state index contributed by atoms with van der Waals surface area (Å²) in [5.41, 5.74) is 7.12. The Hall–Kier alpha value is -1.57. The van der Waals surface area contributed by atoms with Crippen LogP contribution in [0.5, 0.6) is 5.75 Å². The molecule has 1 aromatic carbocycles. The summed E-state index contributed by atoms with van der Waals surface area (Å²) < 4.78 is 17.5. The molecule has 0 heterocycles. The molecule has 0 bridgehead atoms. The summed E-state index contributed by atoms with van der Waals surface area (Å²) in [6.45, 7) is 2.07. The van der Waals surface area contributed by atoms with Gasteiger partial charge in [-0.15, -0.1) is 12.4 Å². The van der Waals surface area contributed by atoms with E-state index in [-0.39, 0.29) is 25.6 Å². The smallest absolute Gasteiger partial charge is 0.120 e. The number of halogens is 2. The molecule has 0 aliphatic heterocycles. The summed E-state index contributed by atoms with van der Waals surface area (Å²) in [6.07, 6.45) is 0.455. The second kappa shape index (κ2) is 7.66. The largest absolute Gasteiger partial charge is 0.489 e. The first kappa shape index (κ1) is 15.4. The van der Waals surface area contributed by atoms with Crippen LogP contribution in [0.4, 0.5) is 4.39 Å². The lowest BCUT2D eigenvalue weighted by Gasteiger charge is -2.08. The summed E-state index contributed by atoms with van der Waals surface area (Å²) in [6, 6.07) is 7.15. The topological polar surface area (TPSA) is 59.0 Å². The first-order valence-electron chi connectivity index (χ1n) is 4.83. The molecule has 0 unspecified atom stereocenters. The van der Waals surface area contributed by atoms with E-state index >= 15 is 0 Å². The van der Waals surface area contributed by atoms with Crippen LogP contribution in [0.1, 0.15) is 11.1 Å². The van der Waals surface area contributed by atoms with E-state index in [2.05, 4.69) is 6.07 Å². The molecule has 2 N–H and O–H groups in total. The Morgan fingerprint density at radius 2 is 2.29 bits per heavy atom. The van der Waals surface area contributed by atoms with Crippen LogP contribution in [0.3, 0.4) is 0 Å². The van der Waals surface area contributed by atoms with Crippen molar-refractivity contribution in [3.8, 4) is 11.8 Å². The highest BCUT2D eigenvalue weighted by molar-refractivity contribution is 5.85. The highest BCUT2D eigenvalue weighted by Crippen LogP contribution is 2.17. The minimum atomic E-state index is 0. The van der Waals surface area contributed by atoms with E-state index < -0.39 is 0 Å². The van der Waals surface area contributed by atoms with Crippen molar-refractivity contribution in [1.82, 2.24) is 0 Å². The van der Waals surface area contributed by atoms with Gasteiger partial charge in [0.2, 0.25) is 0 Å². The van der Waals surface area contributed by atoms with E-state index in [1.165, 1.54) is 0 Å². The minimum Gasteiger partial charge on any atom is -0.489 e. The van der Waals surface area contributed by atoms with E-state index in [1.807, 2.05) is 6.92 Å². The highest BCUT2D eigenvalue weighted by atomic mass is 35.5. The third-order valence-corrected chi connectivity index (χ3v) is 2.16. The lowest BCUT2D eigenvalue weighted by atomic mass is 10.1. The van der Waals surface area contributed by atoms with Crippen molar-refractivity contribution in [3.05, 3.63) is 41.2 Å². The van der Waals surface area contributed by atoms with Crippen LogP contribution in [0.2, 0.25) is 0 Å². The molecule has 1 rings (SSSR count). The zero-order chi connectivity index (χ0) is 12.0. The van der Waals surface area contributed by atoms with Crippen molar-refractivity contribution < 1.29 is 9.13 Å². The Balaban J connectivity index is 0.00000256. The first-order chi connectivity index (χ1) is 7.71. The van der Waals surface area contributed by atoms with Crippen LogP contribution >= 0.6 is 12.4 Å². The monoisotopic (exact) mass is 256 g/mol. The molecular weight excluding hydrogens is 243 g/mol. The molecular formula is C12H14ClFN2O. The van der Waals surface area contributed by atoms with Crippen LogP contribution in [-0.2, 0) is 0 Å². The summed E-state index contributed by atoms with van der Waals surface area (Å²) in [4.78, 5) is 0. The molecule has 0 radical (unpaired) electrons. The standard InChI is InChI=1S/C12H13FN2O.ClH/c1-9-4-12(3-2-11(9)7-15)16-8-10(5-13)6-14;/h2-5H,6,8,14H2,1H3;1H/b10-5+;.